The summed E-state index contributed by atoms with van der Waals surface area (Å²) in [5.41, 5.74) is 13.0. The number of hydrogen-bond donors (Lipinski definition) is 0. The Hall–Kier alpha value is -7.26. The lowest BCUT2D eigenvalue weighted by atomic mass is 9.96. The summed E-state index contributed by atoms with van der Waals surface area (Å²) in [6.07, 6.45) is 0. The van der Waals surface area contributed by atoms with E-state index < -0.39 is 0 Å². The largest absolute Gasteiger partial charge is 0.310 e. The lowest BCUT2D eigenvalue weighted by Crippen LogP contribution is -2.11. The molecule has 0 saturated heterocycles. The van der Waals surface area contributed by atoms with E-state index in [0.29, 0.717) is 0 Å². The summed E-state index contributed by atoms with van der Waals surface area (Å²) >= 11 is 1.86. The van der Waals surface area contributed by atoms with Gasteiger partial charge in [-0.3, -0.25) is 0 Å². The van der Waals surface area contributed by atoms with E-state index in [9.17, 15) is 0 Å². The predicted molar refractivity (Wildman–Crippen MR) is 251 cm³/mol. The minimum atomic E-state index is 1.10. The van der Waals surface area contributed by atoms with Crippen molar-refractivity contribution in [1.29, 1.82) is 0 Å². The standard InChI is InChI=1S/C56H37NS/c1-2-12-44-36-45(25-22-38(44)10-1)41-28-33-48(34-29-41)57(54-18-7-5-15-51(54)46-30-35-56-53(37-46)52-16-6-8-19-55(52)58-56)47-31-26-40(27-32-47)39-20-23-43(24-21-39)50-17-9-13-42-11-3-4-14-49(42)50/h1-37H. The molecule has 0 aliphatic heterocycles. The molecule has 0 bridgehead atoms. The minimum absolute atomic E-state index is 1.10. The van der Waals surface area contributed by atoms with Gasteiger partial charge >= 0.3 is 0 Å². The molecule has 0 radical (unpaired) electrons. The van der Waals surface area contributed by atoms with Crippen molar-refractivity contribution in [2.75, 3.05) is 4.90 Å². The highest BCUT2D eigenvalue weighted by Gasteiger charge is 2.19. The molecule has 272 valence electrons. The molecule has 0 aliphatic carbocycles. The van der Waals surface area contributed by atoms with Crippen LogP contribution in [0.25, 0.3) is 86.2 Å². The Bertz CT molecular complexity index is 3260. The van der Waals surface area contributed by atoms with Crippen LogP contribution in [0, 0.1) is 0 Å². The monoisotopic (exact) mass is 755 g/mol. The normalized spacial score (nSPS) is 11.4. The highest BCUT2D eigenvalue weighted by molar-refractivity contribution is 7.25. The van der Waals surface area contributed by atoms with Crippen molar-refractivity contribution in [3.63, 3.8) is 0 Å². The topological polar surface area (TPSA) is 3.24 Å². The maximum atomic E-state index is 2.41. The van der Waals surface area contributed by atoms with Crippen LogP contribution in [0.4, 0.5) is 17.1 Å². The SMILES string of the molecule is c1ccc(N(c2ccc(-c3ccc(-c4cccc5ccccc45)cc3)cc2)c2ccc(-c3ccc4ccccc4c3)cc2)c(-c2ccc3sc4ccccc4c3c2)c1. The average Bonchev–Trinajstić information content (AvgIpc) is 3.68. The molecular weight excluding hydrogens is 719 g/mol. The second-order valence-electron chi connectivity index (χ2n) is 14.9. The van der Waals surface area contributed by atoms with Gasteiger partial charge in [-0.15, -0.1) is 11.3 Å². The van der Waals surface area contributed by atoms with Crippen LogP contribution >= 0.6 is 11.3 Å². The zero-order valence-electron chi connectivity index (χ0n) is 31.7. The highest BCUT2D eigenvalue weighted by atomic mass is 32.1. The summed E-state index contributed by atoms with van der Waals surface area (Å²) < 4.78 is 2.63. The third kappa shape index (κ3) is 6.12. The fraction of sp³-hybridized carbons (Fsp3) is 0. The number of nitrogens with zero attached hydrogens (tertiary/aromatic N) is 1. The Morgan fingerprint density at radius 2 is 0.793 bits per heavy atom. The maximum Gasteiger partial charge on any atom is 0.0540 e. The molecule has 0 unspecified atom stereocenters. The molecule has 1 heterocycles. The van der Waals surface area contributed by atoms with E-state index in [4.69, 9.17) is 0 Å². The molecule has 58 heavy (non-hydrogen) atoms. The highest BCUT2D eigenvalue weighted by Crippen LogP contribution is 2.44. The molecule has 1 nitrogen and oxygen atoms in total. The zero-order chi connectivity index (χ0) is 38.4. The van der Waals surface area contributed by atoms with Gasteiger partial charge in [0.25, 0.3) is 0 Å². The van der Waals surface area contributed by atoms with Gasteiger partial charge in [0.2, 0.25) is 0 Å². The van der Waals surface area contributed by atoms with Gasteiger partial charge in [0, 0.05) is 37.1 Å². The fourth-order valence-corrected chi connectivity index (χ4v) is 9.61. The number of fused-ring (bicyclic) bond motifs is 5. The van der Waals surface area contributed by atoms with Crippen LogP contribution in [0.15, 0.2) is 224 Å². The number of thiophene rings is 1. The number of benzene rings is 10. The summed E-state index contributed by atoms with van der Waals surface area (Å²) in [6, 6.07) is 82.0. The van der Waals surface area contributed by atoms with Crippen LogP contribution < -0.4 is 4.90 Å². The van der Waals surface area contributed by atoms with Crippen LogP contribution in [-0.2, 0) is 0 Å². The van der Waals surface area contributed by atoms with Gasteiger partial charge in [0.15, 0.2) is 0 Å². The Kier molecular flexibility index (Phi) is 8.42. The summed E-state index contributed by atoms with van der Waals surface area (Å²) in [7, 11) is 0. The van der Waals surface area contributed by atoms with Gasteiger partial charge in [-0.25, -0.2) is 0 Å². The van der Waals surface area contributed by atoms with E-state index in [0.717, 1.165) is 17.1 Å². The van der Waals surface area contributed by atoms with Gasteiger partial charge < -0.3 is 4.90 Å². The van der Waals surface area contributed by atoms with Crippen molar-refractivity contribution >= 4 is 70.1 Å². The van der Waals surface area contributed by atoms with E-state index in [2.05, 4.69) is 229 Å². The predicted octanol–water partition coefficient (Wildman–Crippen LogP) is 16.5. The molecule has 11 aromatic rings. The molecule has 0 N–H and O–H groups in total. The van der Waals surface area contributed by atoms with Crippen molar-refractivity contribution in [2.24, 2.45) is 0 Å². The van der Waals surface area contributed by atoms with Crippen LogP contribution in [0.2, 0.25) is 0 Å². The van der Waals surface area contributed by atoms with E-state index >= 15 is 0 Å². The molecule has 0 atom stereocenters. The Labute approximate surface area is 342 Å². The van der Waals surface area contributed by atoms with Gasteiger partial charge in [0.1, 0.15) is 0 Å². The van der Waals surface area contributed by atoms with Crippen LogP contribution in [-0.4, -0.2) is 0 Å². The molecule has 1 aromatic heterocycles. The zero-order valence-corrected chi connectivity index (χ0v) is 32.5. The second kappa shape index (κ2) is 14.4. The summed E-state index contributed by atoms with van der Waals surface area (Å²) in [5, 5.41) is 7.64. The van der Waals surface area contributed by atoms with Crippen molar-refractivity contribution in [2.45, 2.75) is 0 Å². The summed E-state index contributed by atoms with van der Waals surface area (Å²) in [5.74, 6) is 0. The molecular formula is C56H37NS. The second-order valence-corrected chi connectivity index (χ2v) is 16.0. The van der Waals surface area contributed by atoms with Gasteiger partial charge in [0.05, 0.1) is 5.69 Å². The minimum Gasteiger partial charge on any atom is -0.310 e. The van der Waals surface area contributed by atoms with E-state index in [1.54, 1.807) is 0 Å². The molecule has 10 aromatic carbocycles. The maximum absolute atomic E-state index is 2.41. The first-order valence-electron chi connectivity index (χ1n) is 19.8. The van der Waals surface area contributed by atoms with Crippen molar-refractivity contribution in [3.8, 4) is 44.5 Å². The molecule has 0 spiro atoms. The number of rotatable bonds is 7. The molecule has 0 saturated carbocycles. The first kappa shape index (κ1) is 34.0. The smallest absolute Gasteiger partial charge is 0.0540 e. The number of para-hydroxylation sites is 1. The lowest BCUT2D eigenvalue weighted by molar-refractivity contribution is 1.28. The van der Waals surface area contributed by atoms with Crippen molar-refractivity contribution < 1.29 is 0 Å². The number of anilines is 3. The first-order chi connectivity index (χ1) is 28.7. The lowest BCUT2D eigenvalue weighted by Gasteiger charge is -2.28. The fourth-order valence-electron chi connectivity index (χ4n) is 8.53. The molecule has 0 fully saturated rings. The van der Waals surface area contributed by atoms with E-state index in [-0.39, 0.29) is 0 Å². The molecule has 0 aliphatic rings. The van der Waals surface area contributed by atoms with Gasteiger partial charge in [-0.05, 0) is 115 Å². The van der Waals surface area contributed by atoms with E-state index in [1.807, 2.05) is 11.3 Å². The number of hydrogen-bond acceptors (Lipinski definition) is 2. The van der Waals surface area contributed by atoms with Crippen LogP contribution in [0.5, 0.6) is 0 Å². The van der Waals surface area contributed by atoms with Crippen LogP contribution in [0.1, 0.15) is 0 Å². The molecule has 11 rings (SSSR count). The third-order valence-corrected chi connectivity index (χ3v) is 12.6. The van der Waals surface area contributed by atoms with E-state index in [1.165, 1.54) is 86.2 Å². The average molecular weight is 756 g/mol. The quantitative estimate of drug-likeness (QED) is 0.157. The van der Waals surface area contributed by atoms with Gasteiger partial charge in [-0.1, -0.05) is 170 Å². The van der Waals surface area contributed by atoms with Gasteiger partial charge in [-0.2, -0.15) is 0 Å². The van der Waals surface area contributed by atoms with Crippen molar-refractivity contribution in [1.82, 2.24) is 0 Å². The Balaban J connectivity index is 0.991. The summed E-state index contributed by atoms with van der Waals surface area (Å²) in [4.78, 5) is 2.41. The first-order valence-corrected chi connectivity index (χ1v) is 20.6. The third-order valence-electron chi connectivity index (χ3n) is 11.5. The summed E-state index contributed by atoms with van der Waals surface area (Å²) in [6.45, 7) is 0. The molecule has 2 heteroatoms. The van der Waals surface area contributed by atoms with Crippen molar-refractivity contribution in [3.05, 3.63) is 224 Å². The Morgan fingerprint density at radius 1 is 0.276 bits per heavy atom. The van der Waals surface area contributed by atoms with Crippen LogP contribution in [0.3, 0.4) is 0 Å². The Morgan fingerprint density at radius 3 is 1.57 bits per heavy atom. The molecule has 0 amide bonds.